The molecule has 0 amide bonds. The summed E-state index contributed by atoms with van der Waals surface area (Å²) >= 11 is 3.13. The van der Waals surface area contributed by atoms with Gasteiger partial charge in [-0.2, -0.15) is 0 Å². The van der Waals surface area contributed by atoms with Crippen molar-refractivity contribution in [1.82, 2.24) is 4.98 Å². The van der Waals surface area contributed by atoms with Crippen LogP contribution in [0.2, 0.25) is 0 Å². The second kappa shape index (κ2) is 5.31. The Balaban J connectivity index is 2.18. The average molecular weight is 332 g/mol. The van der Waals surface area contributed by atoms with Crippen molar-refractivity contribution in [3.8, 4) is 0 Å². The van der Waals surface area contributed by atoms with Crippen LogP contribution in [0.15, 0.2) is 59.2 Å². The number of benzene rings is 2. The number of hydrogen-bond acceptors (Lipinski definition) is 2. The van der Waals surface area contributed by atoms with Gasteiger partial charge in [-0.25, -0.2) is 4.39 Å². The minimum Gasteiger partial charge on any atom is -0.382 e. The fourth-order valence-electron chi connectivity index (χ4n) is 2.24. The Labute approximate surface area is 124 Å². The molecule has 0 bridgehead atoms. The average Bonchev–Trinajstić information content (AvgIpc) is 2.49. The lowest BCUT2D eigenvalue weighted by molar-refractivity contribution is 0.211. The van der Waals surface area contributed by atoms with Crippen molar-refractivity contribution < 1.29 is 9.50 Å². The summed E-state index contributed by atoms with van der Waals surface area (Å²) in [6, 6.07) is 14.3. The van der Waals surface area contributed by atoms with Crippen LogP contribution < -0.4 is 0 Å². The summed E-state index contributed by atoms with van der Waals surface area (Å²) in [5.74, 6) is -0.463. The van der Waals surface area contributed by atoms with Gasteiger partial charge in [-0.15, -0.1) is 0 Å². The SMILES string of the molecule is OC(c1cccc(Br)c1F)c1nccc2ccccc12. The van der Waals surface area contributed by atoms with E-state index in [1.165, 1.54) is 0 Å². The van der Waals surface area contributed by atoms with Crippen LogP contribution in [0, 0.1) is 5.82 Å². The Morgan fingerprint density at radius 1 is 1.05 bits per heavy atom. The van der Waals surface area contributed by atoms with E-state index in [4.69, 9.17) is 0 Å². The summed E-state index contributed by atoms with van der Waals surface area (Å²) in [7, 11) is 0. The Bertz CT molecular complexity index is 770. The van der Waals surface area contributed by atoms with E-state index in [1.54, 1.807) is 24.4 Å². The topological polar surface area (TPSA) is 33.1 Å². The maximum Gasteiger partial charge on any atom is 0.143 e. The molecule has 3 aromatic rings. The van der Waals surface area contributed by atoms with E-state index >= 15 is 0 Å². The number of aliphatic hydroxyl groups excluding tert-OH is 1. The lowest BCUT2D eigenvalue weighted by atomic mass is 10.0. The maximum atomic E-state index is 14.1. The van der Waals surface area contributed by atoms with E-state index < -0.39 is 11.9 Å². The van der Waals surface area contributed by atoms with Crippen LogP contribution in [0.3, 0.4) is 0 Å². The quantitative estimate of drug-likeness (QED) is 0.762. The Kier molecular flexibility index (Phi) is 3.51. The van der Waals surface area contributed by atoms with Crippen LogP contribution in [0.5, 0.6) is 0 Å². The molecule has 1 aromatic heterocycles. The number of fused-ring (bicyclic) bond motifs is 1. The highest BCUT2D eigenvalue weighted by Gasteiger charge is 2.19. The summed E-state index contributed by atoms with van der Waals surface area (Å²) < 4.78 is 14.4. The summed E-state index contributed by atoms with van der Waals surface area (Å²) in [6.45, 7) is 0. The number of pyridine rings is 1. The molecule has 20 heavy (non-hydrogen) atoms. The van der Waals surface area contributed by atoms with Crippen molar-refractivity contribution in [3.05, 3.63) is 76.3 Å². The largest absolute Gasteiger partial charge is 0.382 e. The Morgan fingerprint density at radius 2 is 1.85 bits per heavy atom. The van der Waals surface area contributed by atoms with Gasteiger partial charge in [-0.05, 0) is 33.4 Å². The fraction of sp³-hybridized carbons (Fsp3) is 0.0625. The first-order chi connectivity index (χ1) is 9.68. The fourth-order valence-corrected chi connectivity index (χ4v) is 2.62. The molecule has 0 aliphatic carbocycles. The molecule has 4 heteroatoms. The maximum absolute atomic E-state index is 14.1. The van der Waals surface area contributed by atoms with Gasteiger partial charge in [-0.3, -0.25) is 4.98 Å². The zero-order chi connectivity index (χ0) is 14.1. The van der Waals surface area contributed by atoms with Gasteiger partial charge in [-0.1, -0.05) is 36.4 Å². The summed E-state index contributed by atoms with van der Waals surface area (Å²) in [4.78, 5) is 4.22. The van der Waals surface area contributed by atoms with Crippen LogP contribution in [-0.4, -0.2) is 10.1 Å². The number of rotatable bonds is 2. The van der Waals surface area contributed by atoms with Gasteiger partial charge in [0.15, 0.2) is 0 Å². The molecule has 0 aliphatic heterocycles. The van der Waals surface area contributed by atoms with Crippen LogP contribution >= 0.6 is 15.9 Å². The summed E-state index contributed by atoms with van der Waals surface area (Å²) in [5, 5.41) is 12.3. The molecule has 100 valence electrons. The van der Waals surface area contributed by atoms with Gasteiger partial charge >= 0.3 is 0 Å². The minimum absolute atomic E-state index is 0.211. The second-order valence-corrected chi connectivity index (χ2v) is 5.32. The highest BCUT2D eigenvalue weighted by molar-refractivity contribution is 9.10. The number of halogens is 2. The van der Waals surface area contributed by atoms with Gasteiger partial charge < -0.3 is 5.11 Å². The van der Waals surface area contributed by atoms with Crippen LogP contribution in [0.25, 0.3) is 10.8 Å². The van der Waals surface area contributed by atoms with Gasteiger partial charge in [0.2, 0.25) is 0 Å². The molecule has 0 spiro atoms. The first-order valence-corrected chi connectivity index (χ1v) is 6.93. The second-order valence-electron chi connectivity index (χ2n) is 4.46. The predicted molar refractivity (Wildman–Crippen MR) is 79.9 cm³/mol. The van der Waals surface area contributed by atoms with Gasteiger partial charge in [0.05, 0.1) is 10.2 Å². The number of aromatic nitrogens is 1. The molecule has 2 aromatic carbocycles. The highest BCUT2D eigenvalue weighted by Crippen LogP contribution is 2.30. The summed E-state index contributed by atoms with van der Waals surface area (Å²) in [5.41, 5.74) is 0.670. The molecule has 3 rings (SSSR count). The minimum atomic E-state index is -1.10. The van der Waals surface area contributed by atoms with E-state index in [-0.39, 0.29) is 5.56 Å². The van der Waals surface area contributed by atoms with E-state index in [0.717, 1.165) is 10.8 Å². The molecule has 0 fully saturated rings. The molecule has 0 saturated carbocycles. The highest BCUT2D eigenvalue weighted by atomic mass is 79.9. The van der Waals surface area contributed by atoms with Gasteiger partial charge in [0.25, 0.3) is 0 Å². The zero-order valence-electron chi connectivity index (χ0n) is 10.4. The third-order valence-corrected chi connectivity index (χ3v) is 3.85. The van der Waals surface area contributed by atoms with E-state index in [0.29, 0.717) is 10.2 Å². The number of hydrogen-bond donors (Lipinski definition) is 1. The molecule has 1 atom stereocenters. The predicted octanol–water partition coefficient (Wildman–Crippen LogP) is 4.22. The Morgan fingerprint density at radius 3 is 2.70 bits per heavy atom. The Hall–Kier alpha value is -1.78. The molecule has 1 unspecified atom stereocenters. The van der Waals surface area contributed by atoms with Gasteiger partial charge in [0, 0.05) is 17.1 Å². The molecule has 0 saturated heterocycles. The zero-order valence-corrected chi connectivity index (χ0v) is 12.0. The monoisotopic (exact) mass is 331 g/mol. The molecular formula is C16H11BrFNO. The molecule has 1 heterocycles. The lowest BCUT2D eigenvalue weighted by Gasteiger charge is -2.14. The van der Waals surface area contributed by atoms with E-state index in [1.807, 2.05) is 30.3 Å². The normalized spacial score (nSPS) is 12.6. The van der Waals surface area contributed by atoms with Crippen LogP contribution in [0.4, 0.5) is 4.39 Å². The van der Waals surface area contributed by atoms with E-state index in [2.05, 4.69) is 20.9 Å². The molecule has 0 radical (unpaired) electrons. The molecule has 1 N–H and O–H groups in total. The third-order valence-electron chi connectivity index (χ3n) is 3.24. The molecular weight excluding hydrogens is 321 g/mol. The van der Waals surface area contributed by atoms with Crippen molar-refractivity contribution in [2.45, 2.75) is 6.10 Å². The van der Waals surface area contributed by atoms with Crippen molar-refractivity contribution >= 4 is 26.7 Å². The first kappa shape index (κ1) is 13.2. The van der Waals surface area contributed by atoms with Crippen molar-refractivity contribution in [2.24, 2.45) is 0 Å². The lowest BCUT2D eigenvalue weighted by Crippen LogP contribution is -2.05. The number of nitrogens with zero attached hydrogens (tertiary/aromatic N) is 1. The van der Waals surface area contributed by atoms with Crippen molar-refractivity contribution in [3.63, 3.8) is 0 Å². The smallest absolute Gasteiger partial charge is 0.143 e. The number of aliphatic hydroxyl groups is 1. The standard InChI is InChI=1S/C16H11BrFNO/c17-13-7-3-6-12(14(13)18)16(20)15-11-5-2-1-4-10(11)8-9-19-15/h1-9,16,20H. The van der Waals surface area contributed by atoms with Gasteiger partial charge in [0.1, 0.15) is 11.9 Å². The van der Waals surface area contributed by atoms with Crippen LogP contribution in [-0.2, 0) is 0 Å². The van der Waals surface area contributed by atoms with E-state index in [9.17, 15) is 9.50 Å². The van der Waals surface area contributed by atoms with Crippen molar-refractivity contribution in [2.75, 3.05) is 0 Å². The van der Waals surface area contributed by atoms with Crippen LogP contribution in [0.1, 0.15) is 17.4 Å². The third kappa shape index (κ3) is 2.21. The summed E-state index contributed by atoms with van der Waals surface area (Å²) in [6.07, 6.45) is 0.523. The first-order valence-electron chi connectivity index (χ1n) is 6.14. The van der Waals surface area contributed by atoms with Crippen molar-refractivity contribution in [1.29, 1.82) is 0 Å². The molecule has 0 aliphatic rings. The molecule has 2 nitrogen and oxygen atoms in total.